The second-order valence-corrected chi connectivity index (χ2v) is 5.11. The average molecular weight is 231 g/mol. The van der Waals surface area contributed by atoms with Gasteiger partial charge in [0.05, 0.1) is 6.61 Å². The molecule has 1 saturated heterocycles. The van der Waals surface area contributed by atoms with Crippen LogP contribution in [0.1, 0.15) is 33.1 Å². The molecule has 0 aromatic rings. The molecule has 1 aliphatic heterocycles. The van der Waals surface area contributed by atoms with Crippen LogP contribution in [0.2, 0.25) is 0 Å². The van der Waals surface area contributed by atoms with Gasteiger partial charge in [-0.2, -0.15) is 12.6 Å². The maximum absolute atomic E-state index is 5.43. The number of hydrogen-bond donors (Lipinski definition) is 1. The lowest BCUT2D eigenvalue weighted by molar-refractivity contribution is 0.120. The van der Waals surface area contributed by atoms with Crippen LogP contribution in [0.5, 0.6) is 0 Å². The molecule has 2 nitrogen and oxygen atoms in total. The maximum Gasteiger partial charge on any atom is 0.0622 e. The summed E-state index contributed by atoms with van der Waals surface area (Å²) in [4.78, 5) is 2.47. The van der Waals surface area contributed by atoms with Gasteiger partial charge in [-0.25, -0.2) is 0 Å². The first-order chi connectivity index (χ1) is 7.17. The highest BCUT2D eigenvalue weighted by Crippen LogP contribution is 2.30. The summed E-state index contributed by atoms with van der Waals surface area (Å²) in [6.07, 6.45) is 3.61. The molecular formula is C12H25NOS. The van der Waals surface area contributed by atoms with E-state index in [1.54, 1.807) is 0 Å². The maximum atomic E-state index is 5.43. The summed E-state index contributed by atoms with van der Waals surface area (Å²) >= 11 is 4.52. The number of ether oxygens (including phenoxy) is 1. The molecule has 1 heterocycles. The Morgan fingerprint density at radius 3 is 2.47 bits per heavy atom. The van der Waals surface area contributed by atoms with E-state index in [0.29, 0.717) is 11.5 Å². The molecular weight excluding hydrogens is 206 g/mol. The van der Waals surface area contributed by atoms with Gasteiger partial charge in [-0.3, -0.25) is 0 Å². The molecule has 0 spiro atoms. The van der Waals surface area contributed by atoms with Gasteiger partial charge in [-0.05, 0) is 37.5 Å². The molecule has 1 aliphatic rings. The lowest BCUT2D eigenvalue weighted by atomic mass is 9.83. The zero-order chi connectivity index (χ0) is 11.3. The van der Waals surface area contributed by atoms with Gasteiger partial charge in [0.25, 0.3) is 0 Å². The molecule has 1 rings (SSSR count). The quantitative estimate of drug-likeness (QED) is 0.705. The first-order valence-corrected chi connectivity index (χ1v) is 6.69. The Bertz CT molecular complexity index is 168. The minimum absolute atomic E-state index is 0.389. The Morgan fingerprint density at radius 1 is 1.40 bits per heavy atom. The van der Waals surface area contributed by atoms with Crippen LogP contribution in [0.15, 0.2) is 0 Å². The van der Waals surface area contributed by atoms with Crippen molar-refractivity contribution in [1.29, 1.82) is 0 Å². The van der Waals surface area contributed by atoms with Gasteiger partial charge < -0.3 is 9.64 Å². The summed E-state index contributed by atoms with van der Waals surface area (Å²) in [6.45, 7) is 7.54. The summed E-state index contributed by atoms with van der Waals surface area (Å²) in [6, 6.07) is 0.627. The molecule has 0 bridgehead atoms. The van der Waals surface area contributed by atoms with E-state index in [9.17, 15) is 0 Å². The third kappa shape index (κ3) is 3.36. The summed E-state index contributed by atoms with van der Waals surface area (Å²) in [5.74, 6) is 0.984. The SMILES string of the molecule is CCC(CC)(CS)CN(C)C1CCOC1. The van der Waals surface area contributed by atoms with Gasteiger partial charge in [0.15, 0.2) is 0 Å². The molecule has 0 aliphatic carbocycles. The fourth-order valence-electron chi connectivity index (χ4n) is 2.28. The van der Waals surface area contributed by atoms with E-state index < -0.39 is 0 Å². The van der Waals surface area contributed by atoms with Crippen molar-refractivity contribution in [3.8, 4) is 0 Å². The minimum atomic E-state index is 0.389. The number of likely N-dealkylation sites (N-methyl/N-ethyl adjacent to an activating group) is 1. The van der Waals surface area contributed by atoms with Gasteiger partial charge in [-0.1, -0.05) is 13.8 Å². The Hall–Kier alpha value is 0.270. The molecule has 0 N–H and O–H groups in total. The van der Waals surface area contributed by atoms with Crippen LogP contribution < -0.4 is 0 Å². The van der Waals surface area contributed by atoms with Crippen molar-refractivity contribution in [2.24, 2.45) is 5.41 Å². The molecule has 0 amide bonds. The Kier molecular flexibility index (Phi) is 5.44. The van der Waals surface area contributed by atoms with E-state index in [1.165, 1.54) is 19.3 Å². The van der Waals surface area contributed by atoms with Crippen molar-refractivity contribution >= 4 is 12.6 Å². The molecule has 0 aromatic carbocycles. The van der Waals surface area contributed by atoms with Crippen molar-refractivity contribution in [1.82, 2.24) is 4.90 Å². The molecule has 15 heavy (non-hydrogen) atoms. The second-order valence-electron chi connectivity index (χ2n) is 4.80. The van der Waals surface area contributed by atoms with Gasteiger partial charge >= 0.3 is 0 Å². The lowest BCUT2D eigenvalue weighted by Crippen LogP contribution is -2.42. The van der Waals surface area contributed by atoms with E-state index in [2.05, 4.69) is 38.4 Å². The standard InChI is InChI=1S/C12H25NOS/c1-4-12(5-2,10-15)9-13(3)11-6-7-14-8-11/h11,15H,4-10H2,1-3H3. The van der Waals surface area contributed by atoms with Crippen LogP contribution in [-0.4, -0.2) is 43.5 Å². The van der Waals surface area contributed by atoms with Crippen molar-refractivity contribution in [2.75, 3.05) is 32.6 Å². The first kappa shape index (κ1) is 13.3. The molecule has 1 fully saturated rings. The van der Waals surface area contributed by atoms with Gasteiger partial charge in [0, 0.05) is 19.2 Å². The van der Waals surface area contributed by atoms with Crippen LogP contribution >= 0.6 is 12.6 Å². The highest BCUT2D eigenvalue weighted by molar-refractivity contribution is 7.80. The van der Waals surface area contributed by atoms with Crippen LogP contribution in [-0.2, 0) is 4.74 Å². The van der Waals surface area contributed by atoms with E-state index in [0.717, 1.165) is 25.5 Å². The topological polar surface area (TPSA) is 12.5 Å². The highest BCUT2D eigenvalue weighted by atomic mass is 32.1. The van der Waals surface area contributed by atoms with Crippen LogP contribution in [0, 0.1) is 5.41 Å². The molecule has 0 radical (unpaired) electrons. The highest BCUT2D eigenvalue weighted by Gasteiger charge is 2.30. The Labute approximate surface area is 99.8 Å². The van der Waals surface area contributed by atoms with Crippen LogP contribution in [0.4, 0.5) is 0 Å². The predicted molar refractivity (Wildman–Crippen MR) is 68.7 cm³/mol. The zero-order valence-corrected chi connectivity index (χ0v) is 11.2. The van der Waals surface area contributed by atoms with E-state index in [-0.39, 0.29) is 0 Å². The average Bonchev–Trinajstić information content (AvgIpc) is 2.79. The summed E-state index contributed by atoms with van der Waals surface area (Å²) in [7, 11) is 2.23. The lowest BCUT2D eigenvalue weighted by Gasteiger charge is -2.36. The fraction of sp³-hybridized carbons (Fsp3) is 1.00. The summed E-state index contributed by atoms with van der Waals surface area (Å²) in [5, 5.41) is 0. The monoisotopic (exact) mass is 231 g/mol. The largest absolute Gasteiger partial charge is 0.380 e. The zero-order valence-electron chi connectivity index (χ0n) is 10.3. The van der Waals surface area contributed by atoms with Gasteiger partial charge in [0.2, 0.25) is 0 Å². The van der Waals surface area contributed by atoms with Crippen LogP contribution in [0.25, 0.3) is 0 Å². The third-order valence-electron chi connectivity index (χ3n) is 3.95. The number of nitrogens with zero attached hydrogens (tertiary/aromatic N) is 1. The number of hydrogen-bond acceptors (Lipinski definition) is 3. The molecule has 3 heteroatoms. The minimum Gasteiger partial charge on any atom is -0.380 e. The normalized spacial score (nSPS) is 22.6. The molecule has 0 aromatic heterocycles. The third-order valence-corrected chi connectivity index (χ3v) is 4.62. The molecule has 90 valence electrons. The van der Waals surface area contributed by atoms with E-state index in [4.69, 9.17) is 4.74 Å². The Balaban J connectivity index is 2.49. The second kappa shape index (κ2) is 6.12. The van der Waals surface area contributed by atoms with Gasteiger partial charge in [0.1, 0.15) is 0 Å². The number of thiol groups is 1. The van der Waals surface area contributed by atoms with Crippen molar-refractivity contribution < 1.29 is 4.74 Å². The van der Waals surface area contributed by atoms with Crippen LogP contribution in [0.3, 0.4) is 0 Å². The number of rotatable bonds is 6. The van der Waals surface area contributed by atoms with Crippen molar-refractivity contribution in [3.63, 3.8) is 0 Å². The summed E-state index contributed by atoms with van der Waals surface area (Å²) < 4.78 is 5.43. The Morgan fingerprint density at radius 2 is 2.07 bits per heavy atom. The van der Waals surface area contributed by atoms with E-state index in [1.807, 2.05) is 0 Å². The van der Waals surface area contributed by atoms with Crippen molar-refractivity contribution in [2.45, 2.75) is 39.2 Å². The summed E-state index contributed by atoms with van der Waals surface area (Å²) in [5.41, 5.74) is 0.389. The van der Waals surface area contributed by atoms with E-state index >= 15 is 0 Å². The first-order valence-electron chi connectivity index (χ1n) is 6.06. The fourth-order valence-corrected chi connectivity index (χ4v) is 2.82. The molecule has 1 unspecified atom stereocenters. The van der Waals surface area contributed by atoms with Crippen molar-refractivity contribution in [3.05, 3.63) is 0 Å². The molecule has 1 atom stereocenters. The smallest absolute Gasteiger partial charge is 0.0622 e. The predicted octanol–water partition coefficient (Wildman–Crippen LogP) is 2.44. The van der Waals surface area contributed by atoms with Gasteiger partial charge in [-0.15, -0.1) is 0 Å². The molecule has 0 saturated carbocycles.